The van der Waals surface area contributed by atoms with Gasteiger partial charge >= 0.3 is 0 Å². The van der Waals surface area contributed by atoms with E-state index in [-0.39, 0.29) is 0 Å². The fraction of sp³-hybridized carbons (Fsp3) is 0. The zero-order valence-corrected chi connectivity index (χ0v) is 10.0. The minimum Gasteiger partial charge on any atom is -0.0582 e. The van der Waals surface area contributed by atoms with Crippen molar-refractivity contribution in [3.63, 3.8) is 0 Å². The minimum atomic E-state index is 0.967. The number of halogens is 4. The Morgan fingerprint density at radius 1 is 0.875 bits per heavy atom. The van der Waals surface area contributed by atoms with Crippen LogP contribution in [0.4, 0.5) is 0 Å². The van der Waals surface area contributed by atoms with Crippen molar-refractivity contribution in [3.8, 4) is 0 Å². The molecule has 0 nitrogen and oxygen atoms in total. The summed E-state index contributed by atoms with van der Waals surface area (Å²) in [4.78, 5) is 3.55. The first kappa shape index (κ1) is 9.40. The lowest BCUT2D eigenvalue weighted by atomic mass is 10.6. The highest BCUT2D eigenvalue weighted by molar-refractivity contribution is 9.16. The Labute approximate surface area is 81.9 Å². The molecule has 0 aliphatic heterocycles. The summed E-state index contributed by atoms with van der Waals surface area (Å²) < 4.78 is 1.93. The maximum atomic E-state index is 3.27. The normalized spacial score (nSPS) is 14.5. The highest BCUT2D eigenvalue weighted by Crippen LogP contribution is 2.24. The summed E-state index contributed by atoms with van der Waals surface area (Å²) in [5.74, 6) is 0. The molecule has 0 fully saturated rings. The van der Waals surface area contributed by atoms with Crippen molar-refractivity contribution < 1.29 is 0 Å². The van der Waals surface area contributed by atoms with Gasteiger partial charge < -0.3 is 0 Å². The fourth-order valence-corrected chi connectivity index (χ4v) is 1.44. The zero-order valence-electron chi connectivity index (χ0n) is 3.67. The average Bonchev–Trinajstić information content (AvgIpc) is 1.84. The first-order chi connectivity index (χ1) is 3.72. The summed E-state index contributed by atoms with van der Waals surface area (Å²) >= 11 is 12.9. The van der Waals surface area contributed by atoms with Gasteiger partial charge in [0.2, 0.25) is 0 Å². The van der Waals surface area contributed by atoms with Crippen molar-refractivity contribution in [2.75, 3.05) is 0 Å². The van der Waals surface area contributed by atoms with E-state index in [1.54, 1.807) is 9.97 Å². The highest BCUT2D eigenvalue weighted by Gasteiger charge is 1.91. The van der Waals surface area contributed by atoms with Gasteiger partial charge in [0, 0.05) is 8.96 Å². The second-order valence-electron chi connectivity index (χ2n) is 0.914. The number of rotatable bonds is 1. The largest absolute Gasteiger partial charge is 0.0582 e. The number of hydrogen-bond donors (Lipinski definition) is 0. The van der Waals surface area contributed by atoms with Crippen LogP contribution in [-0.4, -0.2) is 0 Å². The van der Waals surface area contributed by atoms with Crippen molar-refractivity contribution >= 4 is 63.7 Å². The van der Waals surface area contributed by atoms with Crippen LogP contribution in [0, 0.1) is 0 Å². The number of allylic oxidation sites excluding steroid dienone is 2. The quantitative estimate of drug-likeness (QED) is 0.606. The Kier molecular flexibility index (Phi) is 6.12. The van der Waals surface area contributed by atoms with Gasteiger partial charge in [-0.2, -0.15) is 0 Å². The van der Waals surface area contributed by atoms with Gasteiger partial charge in [-0.05, 0) is 41.8 Å². The van der Waals surface area contributed by atoms with E-state index < -0.39 is 0 Å². The molecule has 0 unspecified atom stereocenters. The molecule has 0 aromatic heterocycles. The highest BCUT2D eigenvalue weighted by atomic mass is 79.9. The maximum absolute atomic E-state index is 3.27. The van der Waals surface area contributed by atoms with Gasteiger partial charge in [0.25, 0.3) is 0 Å². The molecule has 0 amide bonds. The van der Waals surface area contributed by atoms with Crippen LogP contribution in [-0.2, 0) is 0 Å². The Morgan fingerprint density at radius 3 is 1.25 bits per heavy atom. The SMILES string of the molecule is BrC=C(Br)C(Br)=CBr. The molecule has 0 aromatic rings. The second-order valence-corrected chi connectivity index (χ2v) is 3.54. The molecule has 0 spiro atoms. The van der Waals surface area contributed by atoms with E-state index in [1.165, 1.54) is 0 Å². The molecule has 0 bridgehead atoms. The van der Waals surface area contributed by atoms with Crippen LogP contribution in [0.15, 0.2) is 18.9 Å². The van der Waals surface area contributed by atoms with E-state index in [1.807, 2.05) is 0 Å². The van der Waals surface area contributed by atoms with E-state index in [4.69, 9.17) is 0 Å². The Bertz CT molecular complexity index is 108. The summed E-state index contributed by atoms with van der Waals surface area (Å²) in [5.41, 5.74) is 0. The molecule has 0 atom stereocenters. The zero-order chi connectivity index (χ0) is 6.57. The lowest BCUT2D eigenvalue weighted by Crippen LogP contribution is -1.62. The smallest absolute Gasteiger partial charge is 0.0391 e. The van der Waals surface area contributed by atoms with Crippen molar-refractivity contribution in [2.24, 2.45) is 0 Å². The Balaban J connectivity index is 4.04. The predicted octanol–water partition coefficient (Wildman–Crippen LogP) is 4.25. The van der Waals surface area contributed by atoms with E-state index in [0.717, 1.165) is 8.96 Å². The molecule has 0 N–H and O–H groups in total. The molecule has 8 heavy (non-hydrogen) atoms. The summed E-state index contributed by atoms with van der Waals surface area (Å²) in [6.07, 6.45) is 0. The van der Waals surface area contributed by atoms with E-state index >= 15 is 0 Å². The Hall–Kier alpha value is 1.40. The summed E-state index contributed by atoms with van der Waals surface area (Å²) in [6.45, 7) is 0. The summed E-state index contributed by atoms with van der Waals surface area (Å²) in [7, 11) is 0. The van der Waals surface area contributed by atoms with Gasteiger partial charge in [-0.25, -0.2) is 0 Å². The Morgan fingerprint density at radius 2 is 1.12 bits per heavy atom. The van der Waals surface area contributed by atoms with Crippen molar-refractivity contribution in [1.29, 1.82) is 0 Å². The topological polar surface area (TPSA) is 0 Å². The standard InChI is InChI=1S/C4H2Br4/c5-1-3(7)4(8)2-6/h1-2H. The van der Waals surface area contributed by atoms with Gasteiger partial charge in [0.05, 0.1) is 0 Å². The molecule has 0 aromatic carbocycles. The fourth-order valence-electron chi connectivity index (χ4n) is 0.104. The first-order valence-corrected chi connectivity index (χ1v) is 5.06. The third-order valence-electron chi connectivity index (χ3n) is 0.420. The third kappa shape index (κ3) is 3.43. The van der Waals surface area contributed by atoms with Gasteiger partial charge in [-0.15, -0.1) is 0 Å². The van der Waals surface area contributed by atoms with E-state index in [0.29, 0.717) is 0 Å². The van der Waals surface area contributed by atoms with Crippen LogP contribution in [0.1, 0.15) is 0 Å². The first-order valence-electron chi connectivity index (χ1n) is 1.64. The van der Waals surface area contributed by atoms with Gasteiger partial charge in [-0.1, -0.05) is 31.9 Å². The van der Waals surface area contributed by atoms with E-state index in [9.17, 15) is 0 Å². The molecule has 0 saturated heterocycles. The molecule has 0 rings (SSSR count). The van der Waals surface area contributed by atoms with Crippen molar-refractivity contribution in [3.05, 3.63) is 18.9 Å². The van der Waals surface area contributed by atoms with Crippen LogP contribution in [0.3, 0.4) is 0 Å². The summed E-state index contributed by atoms with van der Waals surface area (Å²) in [5, 5.41) is 0. The maximum Gasteiger partial charge on any atom is 0.0391 e. The van der Waals surface area contributed by atoms with Crippen molar-refractivity contribution in [2.45, 2.75) is 0 Å². The molecule has 0 saturated carbocycles. The van der Waals surface area contributed by atoms with Gasteiger partial charge in [0.1, 0.15) is 0 Å². The lowest BCUT2D eigenvalue weighted by molar-refractivity contribution is 2.00. The van der Waals surface area contributed by atoms with Crippen LogP contribution in [0.25, 0.3) is 0 Å². The number of hydrogen-bond acceptors (Lipinski definition) is 0. The van der Waals surface area contributed by atoms with Crippen molar-refractivity contribution in [1.82, 2.24) is 0 Å². The molecule has 0 heterocycles. The average molecular weight is 370 g/mol. The molecule has 4 heteroatoms. The lowest BCUT2D eigenvalue weighted by Gasteiger charge is -1.88. The van der Waals surface area contributed by atoms with Crippen LogP contribution >= 0.6 is 63.7 Å². The van der Waals surface area contributed by atoms with E-state index in [2.05, 4.69) is 63.7 Å². The molecule has 0 radical (unpaired) electrons. The molecular weight excluding hydrogens is 368 g/mol. The second kappa shape index (κ2) is 5.21. The van der Waals surface area contributed by atoms with Crippen LogP contribution in [0.2, 0.25) is 0 Å². The molecule has 0 aliphatic rings. The van der Waals surface area contributed by atoms with Gasteiger partial charge in [-0.3, -0.25) is 0 Å². The minimum absolute atomic E-state index is 0.967. The molecule has 0 aliphatic carbocycles. The molecule has 46 valence electrons. The monoisotopic (exact) mass is 366 g/mol. The summed E-state index contributed by atoms with van der Waals surface area (Å²) in [6, 6.07) is 0. The van der Waals surface area contributed by atoms with Crippen LogP contribution in [0.5, 0.6) is 0 Å². The molecular formula is C4H2Br4. The van der Waals surface area contributed by atoms with Crippen LogP contribution < -0.4 is 0 Å². The van der Waals surface area contributed by atoms with Gasteiger partial charge in [0.15, 0.2) is 0 Å². The third-order valence-corrected chi connectivity index (χ3v) is 4.41. The predicted molar refractivity (Wildman–Crippen MR) is 51.9 cm³/mol.